The molecule has 0 radical (unpaired) electrons. The zero-order chi connectivity index (χ0) is 11.5. The predicted octanol–water partition coefficient (Wildman–Crippen LogP) is 4.66. The fourth-order valence-electron chi connectivity index (χ4n) is 2.01. The minimum atomic E-state index is 0.991. The van der Waals surface area contributed by atoms with Crippen LogP contribution in [0.25, 0.3) is 5.57 Å². The van der Waals surface area contributed by atoms with Gasteiger partial charge < -0.3 is 0 Å². The maximum atomic E-state index is 4.29. The number of thiol groups is 1. The van der Waals surface area contributed by atoms with Crippen molar-refractivity contribution in [3.63, 3.8) is 0 Å². The number of rotatable bonds is 2. The Morgan fingerprint density at radius 1 is 1.25 bits per heavy atom. The minimum absolute atomic E-state index is 0.991. The van der Waals surface area contributed by atoms with E-state index in [9.17, 15) is 0 Å². The molecule has 2 rings (SSSR count). The molecule has 0 saturated heterocycles. The Morgan fingerprint density at radius 3 is 2.56 bits per heavy atom. The van der Waals surface area contributed by atoms with E-state index in [1.807, 2.05) is 12.1 Å². The minimum Gasteiger partial charge on any atom is -0.143 e. The molecule has 0 atom stereocenters. The SMILES string of the molecule is C=C(C1=C(C)C=CCC1)c1ccc(S)cc1. The molecular weight excluding hydrogens is 212 g/mol. The Hall–Kier alpha value is -1.21. The molecule has 0 spiro atoms. The molecule has 0 amide bonds. The quantitative estimate of drug-likeness (QED) is 0.700. The van der Waals surface area contributed by atoms with E-state index >= 15 is 0 Å². The van der Waals surface area contributed by atoms with Crippen LogP contribution in [-0.2, 0) is 0 Å². The molecule has 1 aliphatic rings. The van der Waals surface area contributed by atoms with Crippen LogP contribution in [-0.4, -0.2) is 0 Å². The molecule has 0 bridgehead atoms. The lowest BCUT2D eigenvalue weighted by Gasteiger charge is -2.16. The Bertz CT molecular complexity index is 461. The molecule has 1 aromatic carbocycles. The summed E-state index contributed by atoms with van der Waals surface area (Å²) in [7, 11) is 0. The van der Waals surface area contributed by atoms with E-state index in [-0.39, 0.29) is 0 Å². The van der Waals surface area contributed by atoms with E-state index in [1.54, 1.807) is 0 Å². The molecular formula is C15H16S. The summed E-state index contributed by atoms with van der Waals surface area (Å²) in [6.45, 7) is 6.37. The van der Waals surface area contributed by atoms with Crippen LogP contribution in [0.15, 0.2) is 59.0 Å². The molecule has 0 aliphatic heterocycles. The maximum Gasteiger partial charge on any atom is 0.00404 e. The van der Waals surface area contributed by atoms with Gasteiger partial charge in [0.1, 0.15) is 0 Å². The molecule has 82 valence electrons. The first-order chi connectivity index (χ1) is 7.68. The molecule has 0 unspecified atom stereocenters. The largest absolute Gasteiger partial charge is 0.143 e. The average Bonchev–Trinajstić information content (AvgIpc) is 2.30. The molecule has 16 heavy (non-hydrogen) atoms. The van der Waals surface area contributed by atoms with E-state index in [1.165, 1.54) is 16.7 Å². The zero-order valence-electron chi connectivity index (χ0n) is 9.53. The third-order valence-corrected chi connectivity index (χ3v) is 3.28. The summed E-state index contributed by atoms with van der Waals surface area (Å²) in [6.07, 6.45) is 6.64. The Labute approximate surface area is 103 Å². The van der Waals surface area contributed by atoms with Crippen LogP contribution in [0, 0.1) is 0 Å². The van der Waals surface area contributed by atoms with Crippen molar-refractivity contribution in [2.24, 2.45) is 0 Å². The molecule has 1 aliphatic carbocycles. The summed E-state index contributed by atoms with van der Waals surface area (Å²) in [5.74, 6) is 0. The smallest absolute Gasteiger partial charge is 0.00404 e. The summed E-state index contributed by atoms with van der Waals surface area (Å²) < 4.78 is 0. The van der Waals surface area contributed by atoms with Crippen LogP contribution in [0.3, 0.4) is 0 Å². The van der Waals surface area contributed by atoms with Crippen molar-refractivity contribution in [3.05, 3.63) is 59.7 Å². The van der Waals surface area contributed by atoms with Gasteiger partial charge >= 0.3 is 0 Å². The van der Waals surface area contributed by atoms with Gasteiger partial charge in [0.2, 0.25) is 0 Å². The van der Waals surface area contributed by atoms with Crippen molar-refractivity contribution in [3.8, 4) is 0 Å². The van der Waals surface area contributed by atoms with Crippen LogP contribution < -0.4 is 0 Å². The Balaban J connectivity index is 2.32. The van der Waals surface area contributed by atoms with Gasteiger partial charge in [-0.25, -0.2) is 0 Å². The van der Waals surface area contributed by atoms with Crippen LogP contribution in [0.1, 0.15) is 25.3 Å². The van der Waals surface area contributed by atoms with Crippen molar-refractivity contribution in [1.29, 1.82) is 0 Å². The Morgan fingerprint density at radius 2 is 1.94 bits per heavy atom. The standard InChI is InChI=1S/C15H16S/c1-11-5-3-4-6-15(11)12(2)13-7-9-14(16)10-8-13/h3,5,7-10,16H,2,4,6H2,1H3. The highest BCUT2D eigenvalue weighted by molar-refractivity contribution is 7.80. The third-order valence-electron chi connectivity index (χ3n) is 2.98. The molecule has 0 fully saturated rings. The van der Waals surface area contributed by atoms with E-state index in [0.29, 0.717) is 0 Å². The first-order valence-corrected chi connectivity index (χ1v) is 5.98. The first-order valence-electron chi connectivity index (χ1n) is 5.53. The van der Waals surface area contributed by atoms with Crippen LogP contribution >= 0.6 is 12.6 Å². The highest BCUT2D eigenvalue weighted by Gasteiger charge is 2.10. The fourth-order valence-corrected chi connectivity index (χ4v) is 2.16. The first kappa shape index (κ1) is 11.3. The van der Waals surface area contributed by atoms with Gasteiger partial charge in [0, 0.05) is 4.90 Å². The molecule has 1 aromatic rings. The topological polar surface area (TPSA) is 0 Å². The van der Waals surface area contributed by atoms with E-state index < -0.39 is 0 Å². The van der Waals surface area contributed by atoms with Gasteiger partial charge in [0.15, 0.2) is 0 Å². The van der Waals surface area contributed by atoms with Gasteiger partial charge in [-0.2, -0.15) is 0 Å². The van der Waals surface area contributed by atoms with Crippen LogP contribution in [0.4, 0.5) is 0 Å². The van der Waals surface area contributed by atoms with Gasteiger partial charge in [-0.05, 0) is 54.2 Å². The summed E-state index contributed by atoms with van der Waals surface area (Å²) in [6, 6.07) is 8.20. The maximum absolute atomic E-state index is 4.29. The fraction of sp³-hybridized carbons (Fsp3) is 0.200. The van der Waals surface area contributed by atoms with E-state index in [4.69, 9.17) is 0 Å². The predicted molar refractivity (Wildman–Crippen MR) is 73.8 cm³/mol. The van der Waals surface area contributed by atoms with Gasteiger partial charge in [-0.15, -0.1) is 12.6 Å². The second-order valence-electron chi connectivity index (χ2n) is 4.13. The Kier molecular flexibility index (Phi) is 3.35. The molecule has 0 heterocycles. The van der Waals surface area contributed by atoms with Gasteiger partial charge in [0.25, 0.3) is 0 Å². The van der Waals surface area contributed by atoms with Crippen molar-refractivity contribution < 1.29 is 0 Å². The summed E-state index contributed by atoms with van der Waals surface area (Å²) in [4.78, 5) is 0.991. The van der Waals surface area contributed by atoms with E-state index in [0.717, 1.165) is 23.3 Å². The summed E-state index contributed by atoms with van der Waals surface area (Å²) in [5, 5.41) is 0. The highest BCUT2D eigenvalue weighted by Crippen LogP contribution is 2.31. The molecule has 0 saturated carbocycles. The monoisotopic (exact) mass is 228 g/mol. The molecule has 1 heteroatoms. The van der Waals surface area contributed by atoms with Gasteiger partial charge in [-0.3, -0.25) is 0 Å². The second-order valence-corrected chi connectivity index (χ2v) is 4.64. The zero-order valence-corrected chi connectivity index (χ0v) is 10.4. The number of hydrogen-bond donors (Lipinski definition) is 1. The van der Waals surface area contributed by atoms with Crippen molar-refractivity contribution in [2.45, 2.75) is 24.7 Å². The number of hydrogen-bond acceptors (Lipinski definition) is 1. The molecule has 0 aromatic heterocycles. The lowest BCUT2D eigenvalue weighted by Crippen LogP contribution is -1.95. The number of benzene rings is 1. The third kappa shape index (κ3) is 2.30. The van der Waals surface area contributed by atoms with Crippen molar-refractivity contribution in [2.75, 3.05) is 0 Å². The normalized spacial score (nSPS) is 15.4. The van der Waals surface area contributed by atoms with E-state index in [2.05, 4.69) is 50.4 Å². The number of allylic oxidation sites excluding steroid dienone is 5. The second kappa shape index (κ2) is 4.75. The van der Waals surface area contributed by atoms with Crippen LogP contribution in [0.2, 0.25) is 0 Å². The summed E-state index contributed by atoms with van der Waals surface area (Å²) >= 11 is 4.29. The lowest BCUT2D eigenvalue weighted by molar-refractivity contribution is 0.975. The molecule has 0 N–H and O–H groups in total. The van der Waals surface area contributed by atoms with Crippen molar-refractivity contribution in [1.82, 2.24) is 0 Å². The highest BCUT2D eigenvalue weighted by atomic mass is 32.1. The summed E-state index contributed by atoms with van der Waals surface area (Å²) in [5.41, 5.74) is 5.07. The lowest BCUT2D eigenvalue weighted by atomic mass is 9.89. The van der Waals surface area contributed by atoms with Crippen molar-refractivity contribution >= 4 is 18.2 Å². The molecule has 0 nitrogen and oxygen atoms in total. The van der Waals surface area contributed by atoms with Gasteiger partial charge in [-0.1, -0.05) is 30.9 Å². The van der Waals surface area contributed by atoms with Crippen LogP contribution in [0.5, 0.6) is 0 Å². The van der Waals surface area contributed by atoms with Gasteiger partial charge in [0.05, 0.1) is 0 Å². The average molecular weight is 228 g/mol.